The van der Waals surface area contributed by atoms with E-state index in [1.807, 2.05) is 44.2 Å². The fourth-order valence-corrected chi connectivity index (χ4v) is 4.57. The third kappa shape index (κ3) is 4.37. The number of aromatic nitrogens is 2. The van der Waals surface area contributed by atoms with Gasteiger partial charge in [0.2, 0.25) is 0 Å². The van der Waals surface area contributed by atoms with Gasteiger partial charge in [0, 0.05) is 12.7 Å². The van der Waals surface area contributed by atoms with Crippen molar-refractivity contribution < 1.29 is 4.79 Å². The second kappa shape index (κ2) is 9.10. The van der Waals surface area contributed by atoms with Crippen molar-refractivity contribution in [1.29, 1.82) is 0 Å². The van der Waals surface area contributed by atoms with Crippen LogP contribution in [0.4, 0.5) is 5.82 Å². The summed E-state index contributed by atoms with van der Waals surface area (Å²) >= 11 is 6.66. The van der Waals surface area contributed by atoms with Gasteiger partial charge in [0.1, 0.15) is 15.8 Å². The van der Waals surface area contributed by atoms with Gasteiger partial charge in [0.15, 0.2) is 0 Å². The van der Waals surface area contributed by atoms with Crippen LogP contribution in [0.3, 0.4) is 0 Å². The molecule has 0 spiro atoms. The number of carbonyl (C=O) groups is 1. The lowest BCUT2D eigenvalue weighted by Gasteiger charge is -2.14. The maximum Gasteiger partial charge on any atom is 0.267 e. The van der Waals surface area contributed by atoms with Gasteiger partial charge in [0.05, 0.1) is 17.0 Å². The molecule has 4 rings (SSSR count). The van der Waals surface area contributed by atoms with E-state index in [1.165, 1.54) is 16.2 Å². The number of amides is 1. The van der Waals surface area contributed by atoms with Crippen molar-refractivity contribution in [2.45, 2.75) is 20.4 Å². The summed E-state index contributed by atoms with van der Waals surface area (Å²) in [6, 6.07) is 11.7. The van der Waals surface area contributed by atoms with E-state index in [9.17, 15) is 9.59 Å². The Balaban J connectivity index is 1.74. The van der Waals surface area contributed by atoms with Gasteiger partial charge >= 0.3 is 0 Å². The molecule has 0 unspecified atom stereocenters. The quantitative estimate of drug-likeness (QED) is 0.335. The van der Waals surface area contributed by atoms with Crippen LogP contribution in [0, 0.1) is 13.8 Å². The number of fused-ring (bicyclic) bond motifs is 1. The number of anilines is 1. The topological polar surface area (TPSA) is 66.7 Å². The highest BCUT2D eigenvalue weighted by molar-refractivity contribution is 8.26. The third-order valence-electron chi connectivity index (χ3n) is 5.03. The van der Waals surface area contributed by atoms with Crippen LogP contribution >= 0.6 is 24.0 Å². The molecule has 1 aliphatic rings. The number of thioether (sulfide) groups is 1. The number of benzene rings is 1. The highest BCUT2D eigenvalue weighted by atomic mass is 32.2. The van der Waals surface area contributed by atoms with E-state index in [1.54, 1.807) is 29.3 Å². The normalized spacial score (nSPS) is 15.1. The van der Waals surface area contributed by atoms with Crippen LogP contribution in [-0.2, 0) is 11.3 Å². The first-order valence-corrected chi connectivity index (χ1v) is 11.3. The van der Waals surface area contributed by atoms with E-state index in [2.05, 4.69) is 16.9 Å². The highest BCUT2D eigenvalue weighted by Crippen LogP contribution is 2.34. The van der Waals surface area contributed by atoms with Crippen LogP contribution in [0.2, 0.25) is 0 Å². The van der Waals surface area contributed by atoms with Crippen molar-refractivity contribution in [2.75, 3.05) is 11.9 Å². The Kier molecular flexibility index (Phi) is 6.25. The minimum Gasteiger partial charge on any atom is -0.366 e. The molecular weight excluding hydrogens is 440 g/mol. The molecule has 3 heterocycles. The second-order valence-electron chi connectivity index (χ2n) is 7.54. The van der Waals surface area contributed by atoms with Crippen molar-refractivity contribution in [3.63, 3.8) is 0 Å². The standard InChI is InChI=1S/C24H22N4O2S2/c1-4-11-25-21-18(22(29)27-13-16(3)7-10-20(27)26-21)12-19-23(30)28(24(31)32-19)14-17-8-5-15(2)6-9-17/h4-10,12-13,25H,1,11,14H2,2-3H3/b19-12+. The third-order valence-corrected chi connectivity index (χ3v) is 6.41. The summed E-state index contributed by atoms with van der Waals surface area (Å²) in [5.74, 6) is 0.187. The van der Waals surface area contributed by atoms with Gasteiger partial charge in [-0.2, -0.15) is 0 Å². The summed E-state index contributed by atoms with van der Waals surface area (Å²) in [5, 5.41) is 3.11. The van der Waals surface area contributed by atoms with Crippen LogP contribution < -0.4 is 10.9 Å². The zero-order chi connectivity index (χ0) is 22.8. The Bertz CT molecular complexity index is 1330. The Hall–Kier alpha value is -3.23. The maximum atomic E-state index is 13.3. The van der Waals surface area contributed by atoms with E-state index in [4.69, 9.17) is 12.2 Å². The molecule has 0 bridgehead atoms. The van der Waals surface area contributed by atoms with Crippen molar-refractivity contribution in [1.82, 2.24) is 14.3 Å². The summed E-state index contributed by atoms with van der Waals surface area (Å²) < 4.78 is 1.96. The lowest BCUT2D eigenvalue weighted by molar-refractivity contribution is -0.122. The zero-order valence-corrected chi connectivity index (χ0v) is 19.4. The first-order valence-electron chi connectivity index (χ1n) is 10.1. The maximum absolute atomic E-state index is 13.3. The largest absolute Gasteiger partial charge is 0.366 e. The molecule has 1 aromatic carbocycles. The monoisotopic (exact) mass is 462 g/mol. The van der Waals surface area contributed by atoms with Crippen molar-refractivity contribution >= 4 is 51.7 Å². The highest BCUT2D eigenvalue weighted by Gasteiger charge is 2.32. The molecule has 0 atom stereocenters. The minimum absolute atomic E-state index is 0.219. The molecule has 1 saturated heterocycles. The number of pyridine rings is 1. The SMILES string of the molecule is C=CCNc1nc2ccc(C)cn2c(=O)c1/C=C1/SC(=S)N(Cc2ccc(C)cc2)C1=O. The van der Waals surface area contributed by atoms with Gasteiger partial charge in [-0.3, -0.25) is 18.9 Å². The molecule has 162 valence electrons. The Morgan fingerprint density at radius 1 is 1.12 bits per heavy atom. The summed E-state index contributed by atoms with van der Waals surface area (Å²) in [6.45, 7) is 8.46. The fourth-order valence-electron chi connectivity index (χ4n) is 3.34. The van der Waals surface area contributed by atoms with E-state index in [0.717, 1.165) is 16.7 Å². The van der Waals surface area contributed by atoms with Gasteiger partial charge in [0.25, 0.3) is 11.5 Å². The average molecular weight is 463 g/mol. The molecular formula is C24H22N4O2S2. The summed E-state index contributed by atoms with van der Waals surface area (Å²) in [6.07, 6.45) is 5.01. The molecule has 1 fully saturated rings. The fraction of sp³-hybridized carbons (Fsp3) is 0.167. The summed E-state index contributed by atoms with van der Waals surface area (Å²) in [4.78, 5) is 33.0. The van der Waals surface area contributed by atoms with Gasteiger partial charge in [-0.15, -0.1) is 6.58 Å². The zero-order valence-electron chi connectivity index (χ0n) is 17.8. The summed E-state index contributed by atoms with van der Waals surface area (Å²) in [7, 11) is 0. The molecule has 3 aromatic rings. The second-order valence-corrected chi connectivity index (χ2v) is 9.21. The van der Waals surface area contributed by atoms with Crippen LogP contribution in [0.15, 0.2) is 64.9 Å². The Labute approximate surface area is 195 Å². The van der Waals surface area contributed by atoms with E-state index in [0.29, 0.717) is 39.3 Å². The molecule has 2 aromatic heterocycles. The summed E-state index contributed by atoms with van der Waals surface area (Å²) in [5.41, 5.74) is 3.65. The number of hydrogen-bond acceptors (Lipinski definition) is 6. The molecule has 8 heteroatoms. The van der Waals surface area contributed by atoms with Gasteiger partial charge < -0.3 is 5.32 Å². The van der Waals surface area contributed by atoms with Gasteiger partial charge in [-0.1, -0.05) is 66.0 Å². The van der Waals surface area contributed by atoms with E-state index < -0.39 is 0 Å². The Morgan fingerprint density at radius 3 is 2.56 bits per heavy atom. The van der Waals surface area contributed by atoms with Crippen LogP contribution in [0.25, 0.3) is 11.7 Å². The van der Waals surface area contributed by atoms with Crippen molar-refractivity contribution in [2.24, 2.45) is 0 Å². The molecule has 6 nitrogen and oxygen atoms in total. The van der Waals surface area contributed by atoms with Gasteiger partial charge in [-0.25, -0.2) is 4.98 Å². The number of rotatable bonds is 6. The predicted octanol–water partition coefficient (Wildman–Crippen LogP) is 4.31. The number of nitrogens with one attached hydrogen (secondary N) is 1. The van der Waals surface area contributed by atoms with E-state index >= 15 is 0 Å². The smallest absolute Gasteiger partial charge is 0.267 e. The number of hydrogen-bond donors (Lipinski definition) is 1. The molecule has 32 heavy (non-hydrogen) atoms. The van der Waals surface area contributed by atoms with Crippen LogP contribution in [-0.4, -0.2) is 31.1 Å². The molecule has 1 aliphatic heterocycles. The first kappa shape index (κ1) is 22.0. The predicted molar refractivity (Wildman–Crippen MR) is 135 cm³/mol. The van der Waals surface area contributed by atoms with Crippen LogP contribution in [0.5, 0.6) is 0 Å². The molecule has 0 aliphatic carbocycles. The average Bonchev–Trinajstić information content (AvgIpc) is 3.03. The number of carbonyl (C=O) groups excluding carboxylic acids is 1. The lowest BCUT2D eigenvalue weighted by atomic mass is 10.1. The Morgan fingerprint density at radius 2 is 1.84 bits per heavy atom. The molecule has 1 amide bonds. The minimum atomic E-state index is -0.255. The van der Waals surface area contributed by atoms with E-state index in [-0.39, 0.29) is 11.5 Å². The number of thiocarbonyl (C=S) groups is 1. The molecule has 0 radical (unpaired) electrons. The lowest BCUT2D eigenvalue weighted by Crippen LogP contribution is -2.27. The van der Waals surface area contributed by atoms with Crippen LogP contribution in [0.1, 0.15) is 22.3 Å². The molecule has 1 N–H and O–H groups in total. The van der Waals surface area contributed by atoms with Gasteiger partial charge in [-0.05, 0) is 37.1 Å². The first-order chi connectivity index (χ1) is 15.4. The molecule has 0 saturated carbocycles. The number of aryl methyl sites for hydroxylation is 2. The van der Waals surface area contributed by atoms with Crippen molar-refractivity contribution in [3.8, 4) is 0 Å². The van der Waals surface area contributed by atoms with Crippen molar-refractivity contribution in [3.05, 3.63) is 92.8 Å². The number of nitrogens with zero attached hydrogens (tertiary/aromatic N) is 3.